The Balaban J connectivity index is 2.50. The molecule has 1 N–H and O–H groups in total. The van der Waals surface area contributed by atoms with Gasteiger partial charge in [0.05, 0.1) is 6.61 Å². The SMILES string of the molecule is CCOC(=O)/C=C/C(=O)O[C@@H](C)C(=O)Nc1cccc(C)c1. The number of ether oxygens (including phenoxy) is 2. The van der Waals surface area contributed by atoms with Crippen molar-refractivity contribution >= 4 is 23.5 Å². The molecule has 0 fully saturated rings. The molecule has 1 rings (SSSR count). The van der Waals surface area contributed by atoms with E-state index >= 15 is 0 Å². The molecular formula is C16H19NO5. The Bertz CT molecular complexity index is 580. The topological polar surface area (TPSA) is 81.7 Å². The maximum Gasteiger partial charge on any atom is 0.331 e. The van der Waals surface area contributed by atoms with Gasteiger partial charge < -0.3 is 14.8 Å². The molecular weight excluding hydrogens is 286 g/mol. The Morgan fingerprint density at radius 3 is 2.55 bits per heavy atom. The molecule has 1 aromatic carbocycles. The van der Waals surface area contributed by atoms with Crippen LogP contribution in [0, 0.1) is 6.92 Å². The second-order valence-corrected chi connectivity index (χ2v) is 4.52. The second kappa shape index (κ2) is 8.61. The van der Waals surface area contributed by atoms with Crippen LogP contribution in [0.3, 0.4) is 0 Å². The Morgan fingerprint density at radius 2 is 1.91 bits per heavy atom. The predicted molar refractivity (Wildman–Crippen MR) is 81.1 cm³/mol. The van der Waals surface area contributed by atoms with Crippen molar-refractivity contribution in [3.8, 4) is 0 Å². The minimum atomic E-state index is -0.986. The van der Waals surface area contributed by atoms with Crippen molar-refractivity contribution in [3.63, 3.8) is 0 Å². The van der Waals surface area contributed by atoms with Gasteiger partial charge in [0.1, 0.15) is 0 Å². The number of hydrogen-bond donors (Lipinski definition) is 1. The van der Waals surface area contributed by atoms with E-state index in [0.717, 1.165) is 17.7 Å². The first-order valence-corrected chi connectivity index (χ1v) is 6.85. The summed E-state index contributed by atoms with van der Waals surface area (Å²) in [6.45, 7) is 5.22. The van der Waals surface area contributed by atoms with Gasteiger partial charge in [0.15, 0.2) is 6.10 Å². The number of carbonyl (C=O) groups excluding carboxylic acids is 3. The first-order chi connectivity index (χ1) is 10.4. The summed E-state index contributed by atoms with van der Waals surface area (Å²) in [5, 5.41) is 2.64. The van der Waals surface area contributed by atoms with Gasteiger partial charge in [-0.05, 0) is 38.5 Å². The number of hydrogen-bond acceptors (Lipinski definition) is 5. The monoisotopic (exact) mass is 305 g/mol. The number of esters is 2. The van der Waals surface area contributed by atoms with Crippen molar-refractivity contribution in [3.05, 3.63) is 42.0 Å². The molecule has 118 valence electrons. The molecule has 0 unspecified atom stereocenters. The average molecular weight is 305 g/mol. The van der Waals surface area contributed by atoms with Crippen LogP contribution in [0.25, 0.3) is 0 Å². The molecule has 0 saturated carbocycles. The summed E-state index contributed by atoms with van der Waals surface area (Å²) < 4.78 is 9.52. The predicted octanol–water partition coefficient (Wildman–Crippen LogP) is 1.98. The quantitative estimate of drug-likeness (QED) is 0.642. The molecule has 22 heavy (non-hydrogen) atoms. The highest BCUT2D eigenvalue weighted by Gasteiger charge is 2.16. The van der Waals surface area contributed by atoms with Crippen LogP contribution >= 0.6 is 0 Å². The number of anilines is 1. The lowest BCUT2D eigenvalue weighted by atomic mass is 10.2. The van der Waals surface area contributed by atoms with Crippen molar-refractivity contribution in [2.75, 3.05) is 11.9 Å². The van der Waals surface area contributed by atoms with Gasteiger partial charge in [0, 0.05) is 17.8 Å². The molecule has 0 radical (unpaired) electrons. The number of amides is 1. The molecule has 0 saturated heterocycles. The van der Waals surface area contributed by atoms with Crippen molar-refractivity contribution in [1.82, 2.24) is 0 Å². The molecule has 0 aliphatic heterocycles. The van der Waals surface area contributed by atoms with Crippen molar-refractivity contribution < 1.29 is 23.9 Å². The molecule has 0 aliphatic rings. The van der Waals surface area contributed by atoms with Crippen LogP contribution in [0.1, 0.15) is 19.4 Å². The van der Waals surface area contributed by atoms with Crippen LogP contribution < -0.4 is 5.32 Å². The zero-order chi connectivity index (χ0) is 16.5. The summed E-state index contributed by atoms with van der Waals surface area (Å²) in [5.41, 5.74) is 1.62. The zero-order valence-electron chi connectivity index (χ0n) is 12.8. The molecule has 0 spiro atoms. The van der Waals surface area contributed by atoms with Gasteiger partial charge in [0.2, 0.25) is 0 Å². The van der Waals surface area contributed by atoms with Gasteiger partial charge in [-0.25, -0.2) is 9.59 Å². The molecule has 1 amide bonds. The normalized spacial score (nSPS) is 11.8. The highest BCUT2D eigenvalue weighted by Crippen LogP contribution is 2.10. The van der Waals surface area contributed by atoms with E-state index in [2.05, 4.69) is 10.1 Å². The smallest absolute Gasteiger partial charge is 0.331 e. The molecule has 1 aromatic rings. The Hall–Kier alpha value is -2.63. The van der Waals surface area contributed by atoms with Gasteiger partial charge in [-0.15, -0.1) is 0 Å². The minimum absolute atomic E-state index is 0.216. The van der Waals surface area contributed by atoms with Crippen LogP contribution in [0.5, 0.6) is 0 Å². The van der Waals surface area contributed by atoms with Gasteiger partial charge in [-0.3, -0.25) is 4.79 Å². The van der Waals surface area contributed by atoms with Gasteiger partial charge in [-0.1, -0.05) is 12.1 Å². The fourth-order valence-electron chi connectivity index (χ4n) is 1.56. The molecule has 1 atom stereocenters. The molecule has 0 heterocycles. The third kappa shape index (κ3) is 6.21. The van der Waals surface area contributed by atoms with Crippen molar-refractivity contribution in [2.24, 2.45) is 0 Å². The highest BCUT2D eigenvalue weighted by atomic mass is 16.5. The molecule has 6 heteroatoms. The van der Waals surface area contributed by atoms with Crippen LogP contribution in [0.2, 0.25) is 0 Å². The molecule has 0 bridgehead atoms. The van der Waals surface area contributed by atoms with E-state index < -0.39 is 23.9 Å². The Kier molecular flexibility index (Phi) is 6.82. The molecule has 6 nitrogen and oxygen atoms in total. The van der Waals surface area contributed by atoms with E-state index in [-0.39, 0.29) is 6.61 Å². The number of carbonyl (C=O) groups is 3. The van der Waals surface area contributed by atoms with Crippen molar-refractivity contribution in [1.29, 1.82) is 0 Å². The van der Waals surface area contributed by atoms with E-state index in [9.17, 15) is 14.4 Å². The fraction of sp³-hybridized carbons (Fsp3) is 0.312. The van der Waals surface area contributed by atoms with E-state index in [0.29, 0.717) is 5.69 Å². The summed E-state index contributed by atoms with van der Waals surface area (Å²) in [6, 6.07) is 7.25. The summed E-state index contributed by atoms with van der Waals surface area (Å²) in [7, 11) is 0. The van der Waals surface area contributed by atoms with Crippen LogP contribution in [0.15, 0.2) is 36.4 Å². The van der Waals surface area contributed by atoms with E-state index in [1.807, 2.05) is 19.1 Å². The van der Waals surface area contributed by atoms with Crippen LogP contribution in [0.4, 0.5) is 5.69 Å². The third-order valence-corrected chi connectivity index (χ3v) is 2.59. The highest BCUT2D eigenvalue weighted by molar-refractivity contribution is 5.97. The number of aryl methyl sites for hydroxylation is 1. The largest absolute Gasteiger partial charge is 0.463 e. The Labute approximate surface area is 129 Å². The van der Waals surface area contributed by atoms with Crippen LogP contribution in [-0.2, 0) is 23.9 Å². The fourth-order valence-corrected chi connectivity index (χ4v) is 1.56. The standard InChI is InChI=1S/C16H19NO5/c1-4-21-14(18)8-9-15(19)22-12(3)16(20)17-13-7-5-6-11(2)10-13/h5-10,12H,4H2,1-3H3,(H,17,20)/b9-8+/t12-/m0/s1. The second-order valence-electron chi connectivity index (χ2n) is 4.52. The van der Waals surface area contributed by atoms with Gasteiger partial charge in [0.25, 0.3) is 5.91 Å². The van der Waals surface area contributed by atoms with E-state index in [1.54, 1.807) is 19.1 Å². The minimum Gasteiger partial charge on any atom is -0.463 e. The van der Waals surface area contributed by atoms with Crippen LogP contribution in [-0.4, -0.2) is 30.6 Å². The van der Waals surface area contributed by atoms with E-state index in [4.69, 9.17) is 4.74 Å². The molecule has 0 aromatic heterocycles. The Morgan fingerprint density at radius 1 is 1.23 bits per heavy atom. The summed E-state index contributed by atoms with van der Waals surface area (Å²) in [5.74, 6) is -1.89. The van der Waals surface area contributed by atoms with E-state index in [1.165, 1.54) is 6.92 Å². The maximum atomic E-state index is 11.9. The lowest BCUT2D eigenvalue weighted by Gasteiger charge is -2.12. The van der Waals surface area contributed by atoms with Gasteiger partial charge >= 0.3 is 11.9 Å². The number of rotatable bonds is 6. The zero-order valence-corrected chi connectivity index (χ0v) is 12.8. The first-order valence-electron chi connectivity index (χ1n) is 6.85. The first kappa shape index (κ1) is 17.4. The molecule has 0 aliphatic carbocycles. The summed E-state index contributed by atoms with van der Waals surface area (Å²) in [4.78, 5) is 34.4. The van der Waals surface area contributed by atoms with Crippen molar-refractivity contribution in [2.45, 2.75) is 26.9 Å². The third-order valence-electron chi connectivity index (χ3n) is 2.59. The summed E-state index contributed by atoms with van der Waals surface area (Å²) in [6.07, 6.45) is 0.894. The summed E-state index contributed by atoms with van der Waals surface area (Å²) >= 11 is 0. The lowest BCUT2D eigenvalue weighted by molar-refractivity contribution is -0.148. The lowest BCUT2D eigenvalue weighted by Crippen LogP contribution is -2.29. The number of benzene rings is 1. The maximum absolute atomic E-state index is 11.9. The van der Waals surface area contributed by atoms with Gasteiger partial charge in [-0.2, -0.15) is 0 Å². The average Bonchev–Trinajstić information content (AvgIpc) is 2.45. The number of nitrogens with one attached hydrogen (secondary N) is 1.